The fourth-order valence-corrected chi connectivity index (χ4v) is 5.04. The van der Waals surface area contributed by atoms with E-state index >= 15 is 0 Å². The molecule has 7 heteroatoms. The SMILES string of the molecule is Cc1ccc(C)c(-c2csc(NC(=O)CCN3C(=O)[C@@H]4CCCC[C@H]4C3=O)n2)c1. The maximum Gasteiger partial charge on any atom is 0.233 e. The molecule has 1 saturated carbocycles. The molecule has 0 spiro atoms. The van der Waals surface area contributed by atoms with Gasteiger partial charge in [0.1, 0.15) is 0 Å². The molecular weight excluding hydrogens is 386 g/mol. The van der Waals surface area contributed by atoms with Crippen LogP contribution in [0.5, 0.6) is 0 Å². The summed E-state index contributed by atoms with van der Waals surface area (Å²) >= 11 is 1.37. The lowest BCUT2D eigenvalue weighted by Gasteiger charge is -2.19. The van der Waals surface area contributed by atoms with E-state index in [4.69, 9.17) is 0 Å². The number of carbonyl (C=O) groups excluding carboxylic acids is 3. The number of fused-ring (bicyclic) bond motifs is 1. The Hall–Kier alpha value is -2.54. The van der Waals surface area contributed by atoms with Gasteiger partial charge in [0.05, 0.1) is 17.5 Å². The monoisotopic (exact) mass is 411 g/mol. The molecule has 152 valence electrons. The van der Waals surface area contributed by atoms with Gasteiger partial charge in [-0.25, -0.2) is 4.98 Å². The molecule has 2 aliphatic rings. The number of aryl methyl sites for hydroxylation is 2. The lowest BCUT2D eigenvalue weighted by atomic mass is 9.81. The van der Waals surface area contributed by atoms with Gasteiger partial charge in [-0.2, -0.15) is 0 Å². The van der Waals surface area contributed by atoms with Crippen molar-refractivity contribution in [2.24, 2.45) is 11.8 Å². The zero-order valence-corrected chi connectivity index (χ0v) is 17.6. The van der Waals surface area contributed by atoms with Gasteiger partial charge in [-0.3, -0.25) is 19.3 Å². The Bertz CT molecular complexity index is 944. The minimum absolute atomic E-state index is 0.0926. The van der Waals surface area contributed by atoms with Crippen LogP contribution in [0.4, 0.5) is 5.13 Å². The molecule has 1 aliphatic carbocycles. The summed E-state index contributed by atoms with van der Waals surface area (Å²) < 4.78 is 0. The van der Waals surface area contributed by atoms with Gasteiger partial charge in [0.15, 0.2) is 5.13 Å². The molecule has 1 saturated heterocycles. The molecule has 3 amide bonds. The van der Waals surface area contributed by atoms with Crippen molar-refractivity contribution in [3.8, 4) is 11.3 Å². The number of amides is 3. The third-order valence-electron chi connectivity index (χ3n) is 5.91. The van der Waals surface area contributed by atoms with Crippen LogP contribution in [0, 0.1) is 25.7 Å². The minimum Gasteiger partial charge on any atom is -0.302 e. The number of nitrogens with zero attached hydrogens (tertiary/aromatic N) is 2. The number of imide groups is 1. The number of likely N-dealkylation sites (tertiary alicyclic amines) is 1. The highest BCUT2D eigenvalue weighted by atomic mass is 32.1. The van der Waals surface area contributed by atoms with Crippen molar-refractivity contribution in [1.82, 2.24) is 9.88 Å². The van der Waals surface area contributed by atoms with E-state index in [-0.39, 0.29) is 42.5 Å². The third-order valence-corrected chi connectivity index (χ3v) is 6.67. The van der Waals surface area contributed by atoms with Gasteiger partial charge in [-0.15, -0.1) is 11.3 Å². The predicted molar refractivity (Wildman–Crippen MR) is 112 cm³/mol. The summed E-state index contributed by atoms with van der Waals surface area (Å²) in [4.78, 5) is 43.2. The zero-order chi connectivity index (χ0) is 20.5. The minimum atomic E-state index is -0.234. The van der Waals surface area contributed by atoms with Crippen LogP contribution < -0.4 is 5.32 Å². The second kappa shape index (κ2) is 8.06. The van der Waals surface area contributed by atoms with E-state index in [1.165, 1.54) is 16.2 Å². The van der Waals surface area contributed by atoms with E-state index < -0.39 is 0 Å². The van der Waals surface area contributed by atoms with Crippen molar-refractivity contribution >= 4 is 34.2 Å². The maximum absolute atomic E-state index is 12.5. The number of thiazole rings is 1. The average Bonchev–Trinajstić information content (AvgIpc) is 3.26. The second-order valence-electron chi connectivity index (χ2n) is 7.98. The highest BCUT2D eigenvalue weighted by molar-refractivity contribution is 7.14. The number of benzene rings is 1. The summed E-state index contributed by atoms with van der Waals surface area (Å²) in [5.74, 6) is -0.767. The standard InChI is InChI=1S/C22H25N3O3S/c1-13-7-8-14(2)17(11-13)18-12-29-22(23-18)24-19(26)9-10-25-20(27)15-5-3-4-6-16(15)21(25)28/h7-8,11-12,15-16H,3-6,9-10H2,1-2H3,(H,23,24,26)/t15-,16-/m1/s1. The van der Waals surface area contributed by atoms with Gasteiger partial charge in [0.25, 0.3) is 0 Å². The van der Waals surface area contributed by atoms with Crippen LogP contribution >= 0.6 is 11.3 Å². The summed E-state index contributed by atoms with van der Waals surface area (Å²) in [5.41, 5.74) is 4.18. The van der Waals surface area contributed by atoms with Crippen molar-refractivity contribution in [1.29, 1.82) is 0 Å². The van der Waals surface area contributed by atoms with Gasteiger partial charge < -0.3 is 5.32 Å². The summed E-state index contributed by atoms with van der Waals surface area (Å²) in [6.07, 6.45) is 3.67. The zero-order valence-electron chi connectivity index (χ0n) is 16.7. The van der Waals surface area contributed by atoms with Crippen LogP contribution in [0.15, 0.2) is 23.6 Å². The Balaban J connectivity index is 1.36. The summed E-state index contributed by atoms with van der Waals surface area (Å²) in [7, 11) is 0. The predicted octanol–water partition coefficient (Wildman–Crippen LogP) is 3.93. The number of anilines is 1. The second-order valence-corrected chi connectivity index (χ2v) is 8.84. The number of carbonyl (C=O) groups is 3. The molecule has 6 nitrogen and oxygen atoms in total. The number of rotatable bonds is 5. The fraction of sp³-hybridized carbons (Fsp3) is 0.455. The highest BCUT2D eigenvalue weighted by Crippen LogP contribution is 2.38. The molecular formula is C22H25N3O3S. The van der Waals surface area contributed by atoms with Crippen LogP contribution in [0.2, 0.25) is 0 Å². The molecule has 2 fully saturated rings. The largest absolute Gasteiger partial charge is 0.302 e. The van der Waals surface area contributed by atoms with Crippen LogP contribution in [-0.4, -0.2) is 34.2 Å². The molecule has 29 heavy (non-hydrogen) atoms. The fourth-order valence-electron chi connectivity index (χ4n) is 4.31. The molecule has 2 atom stereocenters. The Kier molecular flexibility index (Phi) is 5.50. The van der Waals surface area contributed by atoms with E-state index in [0.717, 1.165) is 48.1 Å². The van der Waals surface area contributed by atoms with Crippen LogP contribution in [0.1, 0.15) is 43.2 Å². The first kappa shape index (κ1) is 19.8. The summed E-state index contributed by atoms with van der Waals surface area (Å²) in [6, 6.07) is 6.20. The molecule has 2 heterocycles. The summed E-state index contributed by atoms with van der Waals surface area (Å²) in [5, 5.41) is 5.25. The number of nitrogens with one attached hydrogen (secondary N) is 1. The van der Waals surface area contributed by atoms with Crippen molar-refractivity contribution in [3.63, 3.8) is 0 Å². The number of hydrogen-bond acceptors (Lipinski definition) is 5. The van der Waals surface area contributed by atoms with E-state index in [2.05, 4.69) is 28.5 Å². The number of hydrogen-bond donors (Lipinski definition) is 1. The lowest BCUT2D eigenvalue weighted by molar-refractivity contribution is -0.140. The molecule has 1 aromatic carbocycles. The van der Waals surface area contributed by atoms with Crippen LogP contribution in [-0.2, 0) is 14.4 Å². The number of aromatic nitrogens is 1. The quantitative estimate of drug-likeness (QED) is 0.756. The van der Waals surface area contributed by atoms with Gasteiger partial charge in [-0.05, 0) is 38.3 Å². The van der Waals surface area contributed by atoms with Gasteiger partial charge >= 0.3 is 0 Å². The van der Waals surface area contributed by atoms with Gasteiger partial charge in [0.2, 0.25) is 17.7 Å². The molecule has 0 bridgehead atoms. The molecule has 1 N–H and O–H groups in total. The van der Waals surface area contributed by atoms with Gasteiger partial charge in [-0.1, -0.05) is 30.5 Å². The molecule has 2 aromatic rings. The summed E-state index contributed by atoms with van der Waals surface area (Å²) in [6.45, 7) is 4.22. The Labute approximate surface area is 174 Å². The third kappa shape index (κ3) is 3.96. The first-order valence-electron chi connectivity index (χ1n) is 10.1. The van der Waals surface area contributed by atoms with Crippen molar-refractivity contribution in [3.05, 3.63) is 34.7 Å². The molecule has 0 radical (unpaired) electrons. The molecule has 1 aliphatic heterocycles. The van der Waals surface area contributed by atoms with Crippen LogP contribution in [0.3, 0.4) is 0 Å². The van der Waals surface area contributed by atoms with Crippen LogP contribution in [0.25, 0.3) is 11.3 Å². The van der Waals surface area contributed by atoms with E-state index in [0.29, 0.717) is 5.13 Å². The Morgan fingerprint density at radius 2 is 1.86 bits per heavy atom. The topological polar surface area (TPSA) is 79.4 Å². The first-order chi connectivity index (χ1) is 13.9. The van der Waals surface area contributed by atoms with Crippen molar-refractivity contribution in [2.45, 2.75) is 46.0 Å². The lowest BCUT2D eigenvalue weighted by Crippen LogP contribution is -2.34. The van der Waals surface area contributed by atoms with E-state index in [9.17, 15) is 14.4 Å². The molecule has 4 rings (SSSR count). The smallest absolute Gasteiger partial charge is 0.233 e. The Morgan fingerprint density at radius 1 is 1.17 bits per heavy atom. The first-order valence-corrected chi connectivity index (χ1v) is 11.0. The molecule has 1 aromatic heterocycles. The van der Waals surface area contributed by atoms with Crippen molar-refractivity contribution in [2.75, 3.05) is 11.9 Å². The normalized spacial score (nSPS) is 21.4. The Morgan fingerprint density at radius 3 is 2.55 bits per heavy atom. The van der Waals surface area contributed by atoms with Gasteiger partial charge in [0, 0.05) is 23.9 Å². The van der Waals surface area contributed by atoms with E-state index in [1.54, 1.807) is 0 Å². The molecule has 0 unspecified atom stereocenters. The maximum atomic E-state index is 12.5. The van der Waals surface area contributed by atoms with E-state index in [1.807, 2.05) is 19.2 Å². The highest BCUT2D eigenvalue weighted by Gasteiger charge is 2.47. The van der Waals surface area contributed by atoms with Crippen molar-refractivity contribution < 1.29 is 14.4 Å². The average molecular weight is 412 g/mol.